The highest BCUT2D eigenvalue weighted by atomic mass is 19.4. The first-order valence-electron chi connectivity index (χ1n) is 7.26. The molecule has 10 heteroatoms. The molecule has 2 heterocycles. The van der Waals surface area contributed by atoms with Crippen LogP contribution in [0.5, 0.6) is 5.75 Å². The molecule has 25 heavy (non-hydrogen) atoms. The number of benzene rings is 1. The number of nitrogens with one attached hydrogen (secondary N) is 1. The van der Waals surface area contributed by atoms with Gasteiger partial charge in [0.05, 0.1) is 18.5 Å². The van der Waals surface area contributed by atoms with E-state index in [1.54, 1.807) is 5.10 Å². The Morgan fingerprint density at radius 2 is 1.96 bits per heavy atom. The number of aliphatic hydroxyl groups is 1. The van der Waals surface area contributed by atoms with Crippen LogP contribution in [0.4, 0.5) is 23.2 Å². The zero-order valence-electron chi connectivity index (χ0n) is 12.7. The number of halogens is 4. The van der Waals surface area contributed by atoms with Gasteiger partial charge in [0.1, 0.15) is 12.2 Å². The number of hydrogen-bond donors (Lipinski definition) is 2. The van der Waals surface area contributed by atoms with Gasteiger partial charge in [-0.1, -0.05) is 0 Å². The lowest BCUT2D eigenvalue weighted by Crippen LogP contribution is -2.28. The van der Waals surface area contributed by atoms with E-state index in [1.807, 2.05) is 0 Å². The van der Waals surface area contributed by atoms with Gasteiger partial charge in [-0.2, -0.15) is 18.3 Å². The third kappa shape index (κ3) is 3.29. The van der Waals surface area contributed by atoms with Gasteiger partial charge in [-0.3, -0.25) is 4.79 Å². The molecular formula is C15H13F4N3O3. The lowest BCUT2D eigenvalue weighted by atomic mass is 10.1. The molecule has 0 aliphatic carbocycles. The van der Waals surface area contributed by atoms with E-state index in [0.717, 1.165) is 6.20 Å². The normalized spacial score (nSPS) is 13.9. The van der Waals surface area contributed by atoms with Crippen LogP contribution in [0.2, 0.25) is 0 Å². The molecule has 2 aromatic rings. The fourth-order valence-corrected chi connectivity index (χ4v) is 2.74. The van der Waals surface area contributed by atoms with Crippen molar-refractivity contribution in [1.29, 1.82) is 0 Å². The standard InChI is InChI=1S/C15H13F4N3O3/c16-10-3-8-6-22(7-9(8)4-12(10)25-2-1-23)11-5-20-21-14(24)13(11)15(17,18)19/h3-5,23H,1-2,6-7H2,(H,21,24). The van der Waals surface area contributed by atoms with E-state index in [1.165, 1.54) is 17.0 Å². The number of hydrogen-bond acceptors (Lipinski definition) is 5. The quantitative estimate of drug-likeness (QED) is 0.815. The highest BCUT2D eigenvalue weighted by molar-refractivity contribution is 5.57. The van der Waals surface area contributed by atoms with Crippen molar-refractivity contribution in [3.8, 4) is 5.75 Å². The number of alkyl halides is 3. The number of H-pyrrole nitrogens is 1. The monoisotopic (exact) mass is 359 g/mol. The molecule has 0 saturated carbocycles. The second kappa shape index (κ2) is 6.36. The lowest BCUT2D eigenvalue weighted by Gasteiger charge is -2.21. The largest absolute Gasteiger partial charge is 0.488 e. The van der Waals surface area contributed by atoms with Crippen molar-refractivity contribution >= 4 is 5.69 Å². The topological polar surface area (TPSA) is 78.5 Å². The zero-order valence-corrected chi connectivity index (χ0v) is 12.7. The summed E-state index contributed by atoms with van der Waals surface area (Å²) in [5, 5.41) is 13.9. The van der Waals surface area contributed by atoms with Crippen molar-refractivity contribution in [3.05, 3.63) is 51.2 Å². The van der Waals surface area contributed by atoms with Gasteiger partial charge in [0.15, 0.2) is 11.6 Å². The van der Waals surface area contributed by atoms with Gasteiger partial charge in [0.25, 0.3) is 5.56 Å². The van der Waals surface area contributed by atoms with Crippen molar-refractivity contribution in [3.63, 3.8) is 0 Å². The summed E-state index contributed by atoms with van der Waals surface area (Å²) in [6.45, 7) is -0.355. The van der Waals surface area contributed by atoms with Gasteiger partial charge >= 0.3 is 6.18 Å². The van der Waals surface area contributed by atoms with Gasteiger partial charge in [-0.25, -0.2) is 9.49 Å². The molecule has 0 radical (unpaired) electrons. The van der Waals surface area contributed by atoms with Gasteiger partial charge < -0.3 is 14.7 Å². The van der Waals surface area contributed by atoms with Crippen LogP contribution in [0.3, 0.4) is 0 Å². The molecule has 1 aromatic heterocycles. The molecule has 134 valence electrons. The third-order valence-electron chi connectivity index (χ3n) is 3.79. The van der Waals surface area contributed by atoms with Crippen LogP contribution >= 0.6 is 0 Å². The fraction of sp³-hybridized carbons (Fsp3) is 0.333. The summed E-state index contributed by atoms with van der Waals surface area (Å²) in [7, 11) is 0. The molecule has 2 N–H and O–H groups in total. The number of aliphatic hydroxyl groups excluding tert-OH is 1. The van der Waals surface area contributed by atoms with Gasteiger partial charge in [-0.15, -0.1) is 0 Å². The number of nitrogens with zero attached hydrogens (tertiary/aromatic N) is 2. The summed E-state index contributed by atoms with van der Waals surface area (Å²) >= 11 is 0. The van der Waals surface area contributed by atoms with Crippen molar-refractivity contribution < 1.29 is 27.4 Å². The highest BCUT2D eigenvalue weighted by Gasteiger charge is 2.39. The molecule has 0 spiro atoms. The van der Waals surface area contributed by atoms with E-state index in [9.17, 15) is 22.4 Å². The first kappa shape index (κ1) is 17.2. The Kier molecular flexibility index (Phi) is 4.38. The summed E-state index contributed by atoms with van der Waals surface area (Å²) in [5.74, 6) is -0.760. The molecular weight excluding hydrogens is 346 g/mol. The van der Waals surface area contributed by atoms with Crippen molar-refractivity contribution in [2.75, 3.05) is 18.1 Å². The number of anilines is 1. The lowest BCUT2D eigenvalue weighted by molar-refractivity contribution is -0.138. The van der Waals surface area contributed by atoms with E-state index >= 15 is 0 Å². The Labute approximate surface area is 138 Å². The number of aromatic amines is 1. The predicted octanol–water partition coefficient (Wildman–Crippen LogP) is 1.82. The van der Waals surface area contributed by atoms with Crippen molar-refractivity contribution in [1.82, 2.24) is 10.2 Å². The van der Waals surface area contributed by atoms with Crippen LogP contribution in [0.1, 0.15) is 16.7 Å². The van der Waals surface area contributed by atoms with E-state index < -0.39 is 23.1 Å². The second-order valence-corrected chi connectivity index (χ2v) is 5.44. The molecule has 1 aromatic carbocycles. The molecule has 3 rings (SSSR count). The van der Waals surface area contributed by atoms with Gasteiger partial charge in [0.2, 0.25) is 0 Å². The van der Waals surface area contributed by atoms with Crippen LogP contribution in [-0.2, 0) is 19.3 Å². The molecule has 0 saturated heterocycles. The second-order valence-electron chi connectivity index (χ2n) is 5.44. The Balaban J connectivity index is 1.95. The summed E-state index contributed by atoms with van der Waals surface area (Å²) in [6, 6.07) is 2.56. The number of rotatable bonds is 4. The molecule has 0 bridgehead atoms. The highest BCUT2D eigenvalue weighted by Crippen LogP contribution is 2.38. The van der Waals surface area contributed by atoms with Gasteiger partial charge in [-0.05, 0) is 23.3 Å². The minimum Gasteiger partial charge on any atom is -0.488 e. The maximum atomic E-state index is 14.0. The van der Waals surface area contributed by atoms with Crippen molar-refractivity contribution in [2.24, 2.45) is 0 Å². The maximum Gasteiger partial charge on any atom is 0.423 e. The Hall–Kier alpha value is -2.62. The van der Waals surface area contributed by atoms with Crippen LogP contribution in [0.15, 0.2) is 23.1 Å². The average molecular weight is 359 g/mol. The molecule has 0 atom stereocenters. The molecule has 0 amide bonds. The molecule has 6 nitrogen and oxygen atoms in total. The van der Waals surface area contributed by atoms with E-state index in [4.69, 9.17) is 9.84 Å². The van der Waals surface area contributed by atoms with Crippen LogP contribution < -0.4 is 15.2 Å². The van der Waals surface area contributed by atoms with Crippen LogP contribution in [0.25, 0.3) is 0 Å². The average Bonchev–Trinajstić information content (AvgIpc) is 2.93. The molecule has 1 aliphatic heterocycles. The molecule has 0 fully saturated rings. The third-order valence-corrected chi connectivity index (χ3v) is 3.79. The Bertz CT molecular complexity index is 851. The van der Waals surface area contributed by atoms with Crippen LogP contribution in [-0.4, -0.2) is 28.5 Å². The summed E-state index contributed by atoms with van der Waals surface area (Å²) in [5.41, 5.74) is -1.98. The smallest absolute Gasteiger partial charge is 0.423 e. The summed E-state index contributed by atoms with van der Waals surface area (Å²) in [4.78, 5) is 12.9. The summed E-state index contributed by atoms with van der Waals surface area (Å²) < 4.78 is 58.6. The van der Waals surface area contributed by atoms with Crippen molar-refractivity contribution in [2.45, 2.75) is 19.3 Å². The fourth-order valence-electron chi connectivity index (χ4n) is 2.74. The number of fused-ring (bicyclic) bond motifs is 1. The van der Waals surface area contributed by atoms with E-state index in [-0.39, 0.29) is 37.7 Å². The number of aromatic nitrogens is 2. The summed E-state index contributed by atoms with van der Waals surface area (Å²) in [6.07, 6.45) is -3.92. The maximum absolute atomic E-state index is 14.0. The van der Waals surface area contributed by atoms with E-state index in [2.05, 4.69) is 5.10 Å². The molecule has 1 aliphatic rings. The zero-order chi connectivity index (χ0) is 18.2. The SMILES string of the molecule is O=c1[nH]ncc(N2Cc3cc(F)c(OCCO)cc3C2)c1C(F)(F)F. The molecule has 0 unspecified atom stereocenters. The minimum absolute atomic E-state index is 0.000741. The Morgan fingerprint density at radius 1 is 1.28 bits per heavy atom. The predicted molar refractivity (Wildman–Crippen MR) is 78.7 cm³/mol. The minimum atomic E-state index is -4.85. The first-order chi connectivity index (χ1) is 11.8. The first-order valence-corrected chi connectivity index (χ1v) is 7.26. The number of ether oxygens (including phenoxy) is 1. The van der Waals surface area contributed by atoms with Crippen LogP contribution in [0, 0.1) is 5.82 Å². The van der Waals surface area contributed by atoms with Gasteiger partial charge in [0, 0.05) is 13.1 Å². The Morgan fingerprint density at radius 3 is 2.60 bits per heavy atom. The van der Waals surface area contributed by atoms with E-state index in [0.29, 0.717) is 11.1 Å².